The number of hydrogen-bond acceptors (Lipinski definition) is 3. The van der Waals surface area contributed by atoms with E-state index in [0.29, 0.717) is 12.5 Å². The van der Waals surface area contributed by atoms with Crippen LogP contribution in [-0.4, -0.2) is 61.5 Å². The van der Waals surface area contributed by atoms with Crippen LogP contribution in [0.2, 0.25) is 0 Å². The van der Waals surface area contributed by atoms with Crippen LogP contribution in [0.5, 0.6) is 0 Å². The third kappa shape index (κ3) is 5.43. The Bertz CT molecular complexity index is 441. The van der Waals surface area contributed by atoms with E-state index in [2.05, 4.69) is 52.5 Å². The maximum absolute atomic E-state index is 11.8. The smallest absolute Gasteiger partial charge is 0.220 e. The Morgan fingerprint density at radius 2 is 1.86 bits per heavy atom. The number of rotatable bonds is 7. The first-order valence-electron chi connectivity index (χ1n) is 8.42. The standard InChI is InChI=1S/C18H29N3O/c1-3-7-18(22)19-15-17(14-16-8-5-4-6-9-16)21-12-10-20(2)11-13-21/h4-6,8-9,17H,3,7,10-15H2,1-2H3,(H,19,22). The van der Waals surface area contributed by atoms with Gasteiger partial charge in [-0.1, -0.05) is 37.3 Å². The Labute approximate surface area is 134 Å². The third-order valence-corrected chi connectivity index (χ3v) is 4.38. The predicted octanol–water partition coefficient (Wildman–Crippen LogP) is 1.76. The zero-order valence-electron chi connectivity index (χ0n) is 13.9. The normalized spacial score (nSPS) is 18.1. The SMILES string of the molecule is CCCC(=O)NCC(Cc1ccccc1)N1CCN(C)CC1. The number of benzene rings is 1. The van der Waals surface area contributed by atoms with E-state index >= 15 is 0 Å². The molecule has 0 saturated carbocycles. The summed E-state index contributed by atoms with van der Waals surface area (Å²) in [6.07, 6.45) is 2.53. The summed E-state index contributed by atoms with van der Waals surface area (Å²) in [4.78, 5) is 16.7. The quantitative estimate of drug-likeness (QED) is 0.834. The lowest BCUT2D eigenvalue weighted by Gasteiger charge is -2.38. The van der Waals surface area contributed by atoms with E-state index in [9.17, 15) is 4.79 Å². The van der Waals surface area contributed by atoms with Crippen molar-refractivity contribution in [2.75, 3.05) is 39.8 Å². The summed E-state index contributed by atoms with van der Waals surface area (Å²) >= 11 is 0. The van der Waals surface area contributed by atoms with Gasteiger partial charge in [-0.15, -0.1) is 0 Å². The summed E-state index contributed by atoms with van der Waals surface area (Å²) in [5.74, 6) is 0.176. The number of amides is 1. The molecule has 1 N–H and O–H groups in total. The Morgan fingerprint density at radius 1 is 1.18 bits per heavy atom. The van der Waals surface area contributed by atoms with Crippen molar-refractivity contribution < 1.29 is 4.79 Å². The molecule has 1 aliphatic heterocycles. The molecule has 1 aliphatic rings. The van der Waals surface area contributed by atoms with Gasteiger partial charge in [0, 0.05) is 45.2 Å². The van der Waals surface area contributed by atoms with Crippen molar-refractivity contribution in [3.8, 4) is 0 Å². The van der Waals surface area contributed by atoms with Crippen molar-refractivity contribution in [2.24, 2.45) is 0 Å². The van der Waals surface area contributed by atoms with E-state index in [1.165, 1.54) is 5.56 Å². The molecule has 1 fully saturated rings. The number of carbonyl (C=O) groups excluding carboxylic acids is 1. The van der Waals surface area contributed by atoms with Gasteiger partial charge in [0.15, 0.2) is 0 Å². The number of nitrogens with one attached hydrogen (secondary N) is 1. The summed E-state index contributed by atoms with van der Waals surface area (Å²) in [7, 11) is 2.17. The Kier molecular flexibility index (Phi) is 6.87. The predicted molar refractivity (Wildman–Crippen MR) is 90.9 cm³/mol. The van der Waals surface area contributed by atoms with E-state index in [4.69, 9.17) is 0 Å². The number of likely N-dealkylation sites (N-methyl/N-ethyl adjacent to an activating group) is 1. The molecule has 1 saturated heterocycles. The first-order valence-corrected chi connectivity index (χ1v) is 8.42. The average molecular weight is 303 g/mol. The molecule has 4 heteroatoms. The first-order chi connectivity index (χ1) is 10.7. The van der Waals surface area contributed by atoms with Crippen molar-refractivity contribution in [3.05, 3.63) is 35.9 Å². The van der Waals surface area contributed by atoms with Crippen LogP contribution in [0.1, 0.15) is 25.3 Å². The minimum atomic E-state index is 0.176. The molecule has 1 aromatic carbocycles. The molecule has 0 bridgehead atoms. The highest BCUT2D eigenvalue weighted by molar-refractivity contribution is 5.75. The summed E-state index contributed by atoms with van der Waals surface area (Å²) in [6.45, 7) is 7.16. The number of piperazine rings is 1. The first kappa shape index (κ1) is 17.0. The topological polar surface area (TPSA) is 35.6 Å². The Morgan fingerprint density at radius 3 is 2.50 bits per heavy atom. The van der Waals surface area contributed by atoms with Gasteiger partial charge in [0.05, 0.1) is 0 Å². The van der Waals surface area contributed by atoms with Crippen LogP contribution in [0.25, 0.3) is 0 Å². The molecule has 1 amide bonds. The maximum atomic E-state index is 11.8. The lowest BCUT2D eigenvalue weighted by Crippen LogP contribution is -2.53. The van der Waals surface area contributed by atoms with Gasteiger partial charge in [0.2, 0.25) is 5.91 Å². The monoisotopic (exact) mass is 303 g/mol. The van der Waals surface area contributed by atoms with Gasteiger partial charge in [0.1, 0.15) is 0 Å². The molecule has 2 rings (SSSR count). The third-order valence-electron chi connectivity index (χ3n) is 4.38. The van der Waals surface area contributed by atoms with Crippen molar-refractivity contribution >= 4 is 5.91 Å². The molecular weight excluding hydrogens is 274 g/mol. The van der Waals surface area contributed by atoms with E-state index < -0.39 is 0 Å². The number of hydrogen-bond donors (Lipinski definition) is 1. The van der Waals surface area contributed by atoms with Crippen molar-refractivity contribution in [2.45, 2.75) is 32.2 Å². The second kappa shape index (κ2) is 8.91. The molecule has 22 heavy (non-hydrogen) atoms. The van der Waals surface area contributed by atoms with Gasteiger partial charge in [-0.05, 0) is 25.5 Å². The molecule has 0 aliphatic carbocycles. The second-order valence-electron chi connectivity index (χ2n) is 6.24. The molecular formula is C18H29N3O. The number of nitrogens with zero attached hydrogens (tertiary/aromatic N) is 2. The van der Waals surface area contributed by atoms with Gasteiger partial charge in [-0.3, -0.25) is 9.69 Å². The summed E-state index contributed by atoms with van der Waals surface area (Å²) in [5.41, 5.74) is 1.34. The summed E-state index contributed by atoms with van der Waals surface area (Å²) in [6, 6.07) is 11.0. The lowest BCUT2D eigenvalue weighted by molar-refractivity contribution is -0.121. The van der Waals surface area contributed by atoms with Crippen LogP contribution in [0.15, 0.2) is 30.3 Å². The van der Waals surface area contributed by atoms with Gasteiger partial charge in [-0.2, -0.15) is 0 Å². The average Bonchev–Trinajstić information content (AvgIpc) is 2.53. The van der Waals surface area contributed by atoms with Crippen LogP contribution in [0.3, 0.4) is 0 Å². The zero-order chi connectivity index (χ0) is 15.8. The van der Waals surface area contributed by atoms with Gasteiger partial charge in [-0.25, -0.2) is 0 Å². The highest BCUT2D eigenvalue weighted by Crippen LogP contribution is 2.11. The Balaban J connectivity index is 1.95. The minimum absolute atomic E-state index is 0.176. The van der Waals surface area contributed by atoms with Gasteiger partial charge in [0.25, 0.3) is 0 Å². The lowest BCUT2D eigenvalue weighted by atomic mass is 10.0. The Hall–Kier alpha value is -1.39. The molecule has 4 nitrogen and oxygen atoms in total. The summed E-state index contributed by atoms with van der Waals surface area (Å²) < 4.78 is 0. The molecule has 1 unspecified atom stereocenters. The maximum Gasteiger partial charge on any atom is 0.220 e. The van der Waals surface area contributed by atoms with Crippen molar-refractivity contribution in [3.63, 3.8) is 0 Å². The second-order valence-corrected chi connectivity index (χ2v) is 6.24. The van der Waals surface area contributed by atoms with Crippen LogP contribution >= 0.6 is 0 Å². The van der Waals surface area contributed by atoms with E-state index in [1.54, 1.807) is 0 Å². The molecule has 0 radical (unpaired) electrons. The van der Waals surface area contributed by atoms with E-state index in [0.717, 1.165) is 45.6 Å². The van der Waals surface area contributed by atoms with E-state index in [-0.39, 0.29) is 5.91 Å². The van der Waals surface area contributed by atoms with Crippen molar-refractivity contribution in [1.82, 2.24) is 15.1 Å². The minimum Gasteiger partial charge on any atom is -0.355 e. The van der Waals surface area contributed by atoms with Crippen LogP contribution in [0, 0.1) is 0 Å². The van der Waals surface area contributed by atoms with Crippen molar-refractivity contribution in [1.29, 1.82) is 0 Å². The van der Waals surface area contributed by atoms with E-state index in [1.807, 2.05) is 6.92 Å². The van der Waals surface area contributed by atoms with Gasteiger partial charge < -0.3 is 10.2 Å². The van der Waals surface area contributed by atoms with Crippen LogP contribution < -0.4 is 5.32 Å². The molecule has 122 valence electrons. The zero-order valence-corrected chi connectivity index (χ0v) is 13.9. The fraction of sp³-hybridized carbons (Fsp3) is 0.611. The highest BCUT2D eigenvalue weighted by Gasteiger charge is 2.23. The fourth-order valence-corrected chi connectivity index (χ4v) is 2.95. The molecule has 1 aromatic rings. The fourth-order valence-electron chi connectivity index (χ4n) is 2.95. The molecule has 1 atom stereocenters. The van der Waals surface area contributed by atoms with Crippen LogP contribution in [0.4, 0.5) is 0 Å². The largest absolute Gasteiger partial charge is 0.355 e. The molecule has 0 spiro atoms. The highest BCUT2D eigenvalue weighted by atomic mass is 16.1. The summed E-state index contributed by atoms with van der Waals surface area (Å²) in [5, 5.41) is 3.12. The van der Waals surface area contributed by atoms with Gasteiger partial charge >= 0.3 is 0 Å². The molecule has 0 aromatic heterocycles. The van der Waals surface area contributed by atoms with Crippen LogP contribution in [-0.2, 0) is 11.2 Å². The number of carbonyl (C=O) groups is 1. The molecule has 1 heterocycles.